The number of carbonyl (C=O) groups excluding carboxylic acids is 2. The van der Waals surface area contributed by atoms with Crippen molar-refractivity contribution in [1.29, 1.82) is 0 Å². The molecule has 176 valence electrons. The Hall–Kier alpha value is -4.05. The van der Waals surface area contributed by atoms with Gasteiger partial charge in [0.2, 0.25) is 0 Å². The van der Waals surface area contributed by atoms with E-state index in [0.29, 0.717) is 34.1 Å². The number of ether oxygens (including phenoxy) is 2. The Kier molecular flexibility index (Phi) is 6.98. The van der Waals surface area contributed by atoms with Crippen LogP contribution in [-0.4, -0.2) is 30.5 Å². The molecule has 2 aromatic carbocycles. The van der Waals surface area contributed by atoms with Crippen molar-refractivity contribution in [2.24, 2.45) is 10.7 Å². The normalized spacial score (nSPS) is 16.6. The van der Waals surface area contributed by atoms with E-state index in [-0.39, 0.29) is 12.8 Å². The molecule has 10 heteroatoms. The van der Waals surface area contributed by atoms with E-state index in [2.05, 4.69) is 21.2 Å². The van der Waals surface area contributed by atoms with Gasteiger partial charge < -0.3 is 20.5 Å². The number of nitrogens with two attached hydrogens (primary N) is 1. The van der Waals surface area contributed by atoms with Crippen molar-refractivity contribution >= 4 is 34.7 Å². The number of hydrazine groups is 1. The molecule has 0 radical (unpaired) electrons. The van der Waals surface area contributed by atoms with Gasteiger partial charge in [0.25, 0.3) is 11.8 Å². The van der Waals surface area contributed by atoms with E-state index in [4.69, 9.17) is 15.2 Å². The first-order valence-electron chi connectivity index (χ1n) is 10.6. The summed E-state index contributed by atoms with van der Waals surface area (Å²) >= 11 is 1.40. The molecule has 4 bridgehead atoms. The zero-order valence-corrected chi connectivity index (χ0v) is 19.5. The van der Waals surface area contributed by atoms with Crippen molar-refractivity contribution < 1.29 is 19.1 Å². The lowest BCUT2D eigenvalue weighted by atomic mass is 10.0. The number of carbonyl (C=O) groups is 2. The topological polar surface area (TPSA) is 127 Å². The molecule has 2 aliphatic rings. The zero-order valence-electron chi connectivity index (χ0n) is 18.7. The van der Waals surface area contributed by atoms with Gasteiger partial charge in [0, 0.05) is 16.6 Å². The largest absolute Gasteiger partial charge is 0.487 e. The Balaban J connectivity index is 1.66. The molecule has 2 amide bonds. The SMILES string of the molecule is CC(C)Oc1ccc2cc1OC/N=C(/N)c1ccc(cc1)NC2C(=O)NNC(=O)c1ccsc1. The summed E-state index contributed by atoms with van der Waals surface area (Å²) < 4.78 is 11.7. The second-order valence-corrected chi connectivity index (χ2v) is 8.58. The van der Waals surface area contributed by atoms with Gasteiger partial charge in [-0.05, 0) is 67.3 Å². The van der Waals surface area contributed by atoms with Crippen LogP contribution in [0.2, 0.25) is 0 Å². The second-order valence-electron chi connectivity index (χ2n) is 7.80. The van der Waals surface area contributed by atoms with Gasteiger partial charge in [0.15, 0.2) is 18.2 Å². The van der Waals surface area contributed by atoms with E-state index in [1.54, 1.807) is 59.3 Å². The van der Waals surface area contributed by atoms with Crippen molar-refractivity contribution in [1.82, 2.24) is 10.9 Å². The predicted molar refractivity (Wildman–Crippen MR) is 131 cm³/mol. The summed E-state index contributed by atoms with van der Waals surface area (Å²) in [6.45, 7) is 3.80. The molecule has 0 saturated carbocycles. The van der Waals surface area contributed by atoms with Gasteiger partial charge in [-0.1, -0.05) is 6.07 Å². The fourth-order valence-electron chi connectivity index (χ4n) is 3.29. The van der Waals surface area contributed by atoms with E-state index >= 15 is 0 Å². The first-order valence-corrected chi connectivity index (χ1v) is 11.6. The average molecular weight is 480 g/mol. The number of aliphatic imine (C=N–C) groups is 1. The summed E-state index contributed by atoms with van der Waals surface area (Å²) in [5.74, 6) is 0.417. The fourth-order valence-corrected chi connectivity index (χ4v) is 3.93. The standard InChI is InChI=1S/C24H25N5O4S/c1-14(2)33-19-8-5-16-11-20(19)32-13-26-22(25)15-3-6-18(7-4-15)27-21(16)24(31)29-28-23(30)17-9-10-34-12-17/h3-12,14,21,27H,13H2,1-2H3,(H2,25,26)(H,28,30)(H,29,31). The molecule has 3 aromatic rings. The lowest BCUT2D eigenvalue weighted by molar-refractivity contribution is -0.122. The monoisotopic (exact) mass is 479 g/mol. The van der Waals surface area contributed by atoms with Crippen LogP contribution in [0.4, 0.5) is 5.69 Å². The minimum atomic E-state index is -0.844. The molecule has 9 nitrogen and oxygen atoms in total. The van der Waals surface area contributed by atoms with E-state index in [1.165, 1.54) is 11.3 Å². The van der Waals surface area contributed by atoms with Gasteiger partial charge in [0.1, 0.15) is 11.9 Å². The van der Waals surface area contributed by atoms with Crippen molar-refractivity contribution in [2.75, 3.05) is 12.0 Å². The third kappa shape index (κ3) is 5.46. The van der Waals surface area contributed by atoms with Gasteiger partial charge in [-0.3, -0.25) is 20.4 Å². The Labute approximate surface area is 201 Å². The summed E-state index contributed by atoms with van der Waals surface area (Å²) in [7, 11) is 0. The zero-order chi connectivity index (χ0) is 24.1. The highest BCUT2D eigenvalue weighted by atomic mass is 32.1. The number of rotatable bonds is 4. The quantitative estimate of drug-likeness (QED) is 0.426. The number of amides is 2. The summed E-state index contributed by atoms with van der Waals surface area (Å²) in [6, 6.07) is 13.3. The first kappa shape index (κ1) is 23.1. The first-order chi connectivity index (χ1) is 16.4. The highest BCUT2D eigenvalue weighted by molar-refractivity contribution is 7.08. The molecule has 0 saturated heterocycles. The van der Waals surface area contributed by atoms with Crippen LogP contribution in [0, 0.1) is 0 Å². The maximum atomic E-state index is 13.2. The van der Waals surface area contributed by atoms with Crippen molar-refractivity contribution in [2.45, 2.75) is 26.0 Å². The van der Waals surface area contributed by atoms with Crippen molar-refractivity contribution in [3.63, 3.8) is 0 Å². The van der Waals surface area contributed by atoms with Crippen LogP contribution in [0.5, 0.6) is 11.5 Å². The Morgan fingerprint density at radius 1 is 1.18 bits per heavy atom. The van der Waals surface area contributed by atoms with E-state index in [1.807, 2.05) is 13.8 Å². The molecule has 0 fully saturated rings. The summed E-state index contributed by atoms with van der Waals surface area (Å²) in [4.78, 5) is 29.8. The van der Waals surface area contributed by atoms with Crippen LogP contribution >= 0.6 is 11.3 Å². The van der Waals surface area contributed by atoms with Crippen LogP contribution < -0.4 is 31.4 Å². The van der Waals surface area contributed by atoms with Crippen LogP contribution in [0.15, 0.2) is 64.3 Å². The lowest BCUT2D eigenvalue weighted by Gasteiger charge is -2.22. The van der Waals surface area contributed by atoms with Gasteiger partial charge in [-0.2, -0.15) is 11.3 Å². The van der Waals surface area contributed by atoms with Gasteiger partial charge >= 0.3 is 0 Å². The Morgan fingerprint density at radius 2 is 1.97 bits per heavy atom. The molecule has 0 spiro atoms. The Morgan fingerprint density at radius 3 is 2.68 bits per heavy atom. The number of anilines is 1. The molecule has 3 heterocycles. The van der Waals surface area contributed by atoms with Gasteiger partial charge in [-0.25, -0.2) is 4.99 Å². The van der Waals surface area contributed by atoms with Crippen molar-refractivity contribution in [3.05, 3.63) is 76.0 Å². The number of fused-ring (bicyclic) bond motifs is 5. The average Bonchev–Trinajstić information content (AvgIpc) is 3.37. The molecule has 1 atom stereocenters. The van der Waals surface area contributed by atoms with Crippen LogP contribution in [0.3, 0.4) is 0 Å². The molecular formula is C24H25N5O4S. The number of amidine groups is 1. The lowest BCUT2D eigenvalue weighted by Crippen LogP contribution is -2.45. The van der Waals surface area contributed by atoms with Gasteiger partial charge in [-0.15, -0.1) is 0 Å². The molecule has 2 aliphatic heterocycles. The van der Waals surface area contributed by atoms with E-state index in [9.17, 15) is 9.59 Å². The number of benzene rings is 2. The highest BCUT2D eigenvalue weighted by Crippen LogP contribution is 2.33. The molecule has 1 unspecified atom stereocenters. The maximum Gasteiger partial charge on any atom is 0.270 e. The molecule has 1 aromatic heterocycles. The summed E-state index contributed by atoms with van der Waals surface area (Å²) in [5.41, 5.74) is 13.5. The number of hydrogen-bond acceptors (Lipinski definition) is 8. The second kappa shape index (κ2) is 10.3. The van der Waals surface area contributed by atoms with E-state index < -0.39 is 17.9 Å². The Bertz CT molecular complexity index is 1190. The molecule has 0 aliphatic carbocycles. The smallest absolute Gasteiger partial charge is 0.270 e. The molecular weight excluding hydrogens is 454 g/mol. The molecule has 34 heavy (non-hydrogen) atoms. The van der Waals surface area contributed by atoms with Crippen LogP contribution in [0.1, 0.15) is 41.4 Å². The fraction of sp³-hybridized carbons (Fsp3) is 0.208. The molecule has 5 rings (SSSR count). The van der Waals surface area contributed by atoms with Crippen molar-refractivity contribution in [3.8, 4) is 11.5 Å². The maximum absolute atomic E-state index is 13.2. The summed E-state index contributed by atoms with van der Waals surface area (Å²) in [5, 5.41) is 6.70. The number of hydrogen-bond donors (Lipinski definition) is 4. The van der Waals surface area contributed by atoms with Crippen LogP contribution in [0.25, 0.3) is 0 Å². The highest BCUT2D eigenvalue weighted by Gasteiger charge is 2.24. The third-order valence-corrected chi connectivity index (χ3v) is 5.64. The van der Waals surface area contributed by atoms with Crippen LogP contribution in [-0.2, 0) is 4.79 Å². The number of nitrogens with zero attached hydrogens (tertiary/aromatic N) is 1. The van der Waals surface area contributed by atoms with E-state index in [0.717, 1.165) is 5.56 Å². The number of thiophene rings is 1. The summed E-state index contributed by atoms with van der Waals surface area (Å²) in [6.07, 6.45) is -0.0799. The third-order valence-electron chi connectivity index (χ3n) is 4.96. The molecule has 5 N–H and O–H groups in total. The predicted octanol–water partition coefficient (Wildman–Crippen LogP) is 3.20. The minimum Gasteiger partial charge on any atom is -0.487 e. The van der Waals surface area contributed by atoms with Gasteiger partial charge in [0.05, 0.1) is 11.7 Å². The number of nitrogens with one attached hydrogen (secondary N) is 3. The minimum absolute atomic E-state index is 0.0213.